The Kier molecular flexibility index (Phi) is 3.57. The summed E-state index contributed by atoms with van der Waals surface area (Å²) < 4.78 is 4.69. The van der Waals surface area contributed by atoms with E-state index in [0.717, 1.165) is 13.0 Å². The van der Waals surface area contributed by atoms with Crippen molar-refractivity contribution in [1.82, 2.24) is 4.90 Å². The monoisotopic (exact) mass is 250 g/mol. The highest BCUT2D eigenvalue weighted by molar-refractivity contribution is 5.76. The standard InChI is InChI=1S/C12H14N2O4/c1-18-12(15)11-6-7-13(11)8-9-4-2-3-5-10(9)14(16)17/h2-5,11H,6-8H2,1H3. The van der Waals surface area contributed by atoms with Gasteiger partial charge in [0.15, 0.2) is 0 Å². The molecule has 0 radical (unpaired) electrons. The van der Waals surface area contributed by atoms with Crippen LogP contribution in [0.5, 0.6) is 0 Å². The Morgan fingerprint density at radius 2 is 2.28 bits per heavy atom. The SMILES string of the molecule is COC(=O)C1CCN1Cc1ccccc1[N+](=O)[O-]. The van der Waals surface area contributed by atoms with Crippen molar-refractivity contribution < 1.29 is 14.5 Å². The lowest BCUT2D eigenvalue weighted by Gasteiger charge is -2.38. The minimum atomic E-state index is -0.401. The van der Waals surface area contributed by atoms with Crippen molar-refractivity contribution in [3.05, 3.63) is 39.9 Å². The van der Waals surface area contributed by atoms with E-state index >= 15 is 0 Å². The highest BCUT2D eigenvalue weighted by Gasteiger charge is 2.35. The molecule has 0 N–H and O–H groups in total. The number of hydrogen-bond acceptors (Lipinski definition) is 5. The number of nitrogens with zero attached hydrogens (tertiary/aromatic N) is 2. The number of nitro benzene ring substituents is 1. The van der Waals surface area contributed by atoms with Crippen molar-refractivity contribution in [2.75, 3.05) is 13.7 Å². The van der Waals surface area contributed by atoms with Crippen LogP contribution in [0.2, 0.25) is 0 Å². The summed E-state index contributed by atoms with van der Waals surface area (Å²) in [6, 6.07) is 6.31. The van der Waals surface area contributed by atoms with Crippen LogP contribution < -0.4 is 0 Å². The topological polar surface area (TPSA) is 72.7 Å². The van der Waals surface area contributed by atoms with Gasteiger partial charge in [-0.15, -0.1) is 0 Å². The fraction of sp³-hybridized carbons (Fsp3) is 0.417. The Morgan fingerprint density at radius 1 is 1.56 bits per heavy atom. The summed E-state index contributed by atoms with van der Waals surface area (Å²) in [6.07, 6.45) is 0.743. The highest BCUT2D eigenvalue weighted by Crippen LogP contribution is 2.25. The van der Waals surface area contributed by atoms with E-state index in [0.29, 0.717) is 12.1 Å². The minimum Gasteiger partial charge on any atom is -0.468 e. The lowest BCUT2D eigenvalue weighted by molar-refractivity contribution is -0.385. The van der Waals surface area contributed by atoms with E-state index in [1.54, 1.807) is 18.2 Å². The number of carbonyl (C=O) groups is 1. The molecular formula is C12H14N2O4. The molecule has 0 amide bonds. The van der Waals surface area contributed by atoms with Crippen LogP contribution >= 0.6 is 0 Å². The van der Waals surface area contributed by atoms with Gasteiger partial charge < -0.3 is 4.74 Å². The lowest BCUT2D eigenvalue weighted by atomic mass is 10.0. The third-order valence-corrected chi connectivity index (χ3v) is 3.17. The number of hydrogen-bond donors (Lipinski definition) is 0. The molecule has 6 heteroatoms. The lowest BCUT2D eigenvalue weighted by Crippen LogP contribution is -2.52. The van der Waals surface area contributed by atoms with E-state index in [9.17, 15) is 14.9 Å². The Bertz CT molecular complexity index is 475. The first kappa shape index (κ1) is 12.5. The van der Waals surface area contributed by atoms with Gasteiger partial charge in [-0.1, -0.05) is 18.2 Å². The number of likely N-dealkylation sites (tertiary alicyclic amines) is 1. The molecule has 0 saturated carbocycles. The zero-order valence-electron chi connectivity index (χ0n) is 10.0. The molecule has 0 aliphatic carbocycles. The predicted octanol–water partition coefficient (Wildman–Crippen LogP) is 1.34. The first-order valence-electron chi connectivity index (χ1n) is 5.67. The van der Waals surface area contributed by atoms with E-state index in [1.165, 1.54) is 13.2 Å². The van der Waals surface area contributed by atoms with Crippen LogP contribution in [0.1, 0.15) is 12.0 Å². The first-order valence-corrected chi connectivity index (χ1v) is 5.67. The van der Waals surface area contributed by atoms with E-state index in [-0.39, 0.29) is 17.7 Å². The molecule has 2 rings (SSSR count). The van der Waals surface area contributed by atoms with E-state index in [2.05, 4.69) is 4.74 Å². The van der Waals surface area contributed by atoms with Gasteiger partial charge in [0, 0.05) is 24.7 Å². The van der Waals surface area contributed by atoms with Gasteiger partial charge in [0.2, 0.25) is 0 Å². The van der Waals surface area contributed by atoms with Crippen LogP contribution in [0.4, 0.5) is 5.69 Å². The molecular weight excluding hydrogens is 236 g/mol. The highest BCUT2D eigenvalue weighted by atomic mass is 16.6. The van der Waals surface area contributed by atoms with E-state index in [1.807, 2.05) is 4.90 Å². The third kappa shape index (κ3) is 2.33. The molecule has 1 aromatic rings. The molecule has 1 aliphatic rings. The summed E-state index contributed by atoms with van der Waals surface area (Å²) in [4.78, 5) is 23.8. The minimum absolute atomic E-state index is 0.0908. The second kappa shape index (κ2) is 5.14. The van der Waals surface area contributed by atoms with Gasteiger partial charge in [0.1, 0.15) is 6.04 Å². The number of methoxy groups -OCH3 is 1. The Balaban J connectivity index is 2.11. The number of nitro groups is 1. The van der Waals surface area contributed by atoms with Crippen molar-refractivity contribution in [3.63, 3.8) is 0 Å². The number of ether oxygens (including phenoxy) is 1. The van der Waals surface area contributed by atoms with Gasteiger partial charge in [0.25, 0.3) is 5.69 Å². The van der Waals surface area contributed by atoms with Crippen molar-refractivity contribution in [1.29, 1.82) is 0 Å². The van der Waals surface area contributed by atoms with Gasteiger partial charge >= 0.3 is 5.97 Å². The Labute approximate surface area is 104 Å². The quantitative estimate of drug-likeness (QED) is 0.458. The molecule has 1 unspecified atom stereocenters. The maximum atomic E-state index is 11.4. The maximum Gasteiger partial charge on any atom is 0.323 e. The summed E-state index contributed by atoms with van der Waals surface area (Å²) in [6.45, 7) is 1.16. The number of rotatable bonds is 4. The zero-order chi connectivity index (χ0) is 13.1. The van der Waals surface area contributed by atoms with Gasteiger partial charge in [-0.3, -0.25) is 19.8 Å². The zero-order valence-corrected chi connectivity index (χ0v) is 10.0. The number of carbonyl (C=O) groups excluding carboxylic acids is 1. The first-order chi connectivity index (χ1) is 8.63. The number of para-hydroxylation sites is 1. The molecule has 0 aromatic heterocycles. The van der Waals surface area contributed by atoms with E-state index < -0.39 is 4.92 Å². The van der Waals surface area contributed by atoms with Crippen LogP contribution in [0.25, 0.3) is 0 Å². The second-order valence-corrected chi connectivity index (χ2v) is 4.18. The Hall–Kier alpha value is -1.95. The molecule has 1 saturated heterocycles. The van der Waals surface area contributed by atoms with Crippen LogP contribution in [0.3, 0.4) is 0 Å². The molecule has 1 atom stereocenters. The van der Waals surface area contributed by atoms with Crippen molar-refractivity contribution in [2.45, 2.75) is 19.0 Å². The molecule has 6 nitrogen and oxygen atoms in total. The van der Waals surface area contributed by atoms with Crippen LogP contribution in [0.15, 0.2) is 24.3 Å². The Morgan fingerprint density at radius 3 is 2.83 bits per heavy atom. The second-order valence-electron chi connectivity index (χ2n) is 4.18. The van der Waals surface area contributed by atoms with Crippen molar-refractivity contribution in [3.8, 4) is 0 Å². The van der Waals surface area contributed by atoms with Crippen molar-refractivity contribution >= 4 is 11.7 Å². The van der Waals surface area contributed by atoms with Gasteiger partial charge in [-0.05, 0) is 6.42 Å². The van der Waals surface area contributed by atoms with Gasteiger partial charge in [-0.25, -0.2) is 0 Å². The van der Waals surface area contributed by atoms with Gasteiger partial charge in [0.05, 0.1) is 12.0 Å². The average molecular weight is 250 g/mol. The summed E-state index contributed by atoms with van der Waals surface area (Å²) in [5, 5.41) is 10.9. The normalized spacial score (nSPS) is 19.1. The summed E-state index contributed by atoms with van der Waals surface area (Å²) in [5.74, 6) is -0.278. The van der Waals surface area contributed by atoms with E-state index in [4.69, 9.17) is 0 Å². The van der Waals surface area contributed by atoms with Crippen LogP contribution in [-0.2, 0) is 16.1 Å². The summed E-state index contributed by atoms with van der Waals surface area (Å²) in [5.41, 5.74) is 0.712. The molecule has 18 heavy (non-hydrogen) atoms. The van der Waals surface area contributed by atoms with Crippen LogP contribution in [0, 0.1) is 10.1 Å². The van der Waals surface area contributed by atoms with Gasteiger partial charge in [-0.2, -0.15) is 0 Å². The molecule has 1 fully saturated rings. The fourth-order valence-corrected chi connectivity index (χ4v) is 2.07. The molecule has 1 heterocycles. The number of benzene rings is 1. The molecule has 1 aliphatic heterocycles. The van der Waals surface area contributed by atoms with Crippen molar-refractivity contribution in [2.24, 2.45) is 0 Å². The average Bonchev–Trinajstić information content (AvgIpc) is 2.34. The predicted molar refractivity (Wildman–Crippen MR) is 63.9 cm³/mol. The smallest absolute Gasteiger partial charge is 0.323 e. The molecule has 96 valence electrons. The number of esters is 1. The summed E-state index contributed by atoms with van der Waals surface area (Å²) in [7, 11) is 1.35. The molecule has 0 spiro atoms. The fourth-order valence-electron chi connectivity index (χ4n) is 2.07. The largest absolute Gasteiger partial charge is 0.468 e. The summed E-state index contributed by atoms with van der Waals surface area (Å²) >= 11 is 0. The molecule has 0 bridgehead atoms. The molecule has 1 aromatic carbocycles. The third-order valence-electron chi connectivity index (χ3n) is 3.17. The maximum absolute atomic E-state index is 11.4. The van der Waals surface area contributed by atoms with Crippen LogP contribution in [-0.4, -0.2) is 35.5 Å².